The Morgan fingerprint density at radius 1 is 1.43 bits per heavy atom. The van der Waals surface area contributed by atoms with Crippen LogP contribution in [-0.4, -0.2) is 36.7 Å². The van der Waals surface area contributed by atoms with Crippen molar-refractivity contribution in [2.24, 2.45) is 5.73 Å². The second-order valence-corrected chi connectivity index (χ2v) is 3.87. The largest absolute Gasteiger partial charge is 0.361 e. The summed E-state index contributed by atoms with van der Waals surface area (Å²) in [5, 5.41) is 4.11. The Morgan fingerprint density at radius 3 is 3.00 bits per heavy atom. The molecule has 4 nitrogen and oxygen atoms in total. The smallest absolute Gasteiger partial charge is 0.141 e. The highest BCUT2D eigenvalue weighted by atomic mass is 16.5. The van der Waals surface area contributed by atoms with Crippen molar-refractivity contribution in [1.82, 2.24) is 10.1 Å². The molecule has 14 heavy (non-hydrogen) atoms. The first-order valence-electron chi connectivity index (χ1n) is 5.16. The monoisotopic (exact) mass is 195 g/mol. The number of nitrogens with two attached hydrogens (primary N) is 1. The fourth-order valence-electron chi connectivity index (χ4n) is 1.90. The van der Waals surface area contributed by atoms with Crippen LogP contribution in [0.25, 0.3) is 0 Å². The third-order valence-electron chi connectivity index (χ3n) is 2.80. The van der Waals surface area contributed by atoms with E-state index in [1.165, 1.54) is 5.56 Å². The van der Waals surface area contributed by atoms with Gasteiger partial charge in [0, 0.05) is 31.5 Å². The maximum absolute atomic E-state index is 5.52. The first-order valence-corrected chi connectivity index (χ1v) is 5.16. The van der Waals surface area contributed by atoms with Crippen LogP contribution < -0.4 is 5.73 Å². The van der Waals surface area contributed by atoms with Crippen LogP contribution in [-0.2, 0) is 19.3 Å². The van der Waals surface area contributed by atoms with E-state index in [1.807, 2.05) is 0 Å². The molecule has 1 aromatic heterocycles. The second-order valence-electron chi connectivity index (χ2n) is 3.87. The number of nitrogens with zero attached hydrogens (tertiary/aromatic N) is 2. The molecule has 0 amide bonds. The number of hydrogen-bond donors (Lipinski definition) is 1. The van der Waals surface area contributed by atoms with E-state index in [9.17, 15) is 0 Å². The summed E-state index contributed by atoms with van der Waals surface area (Å²) in [5.41, 5.74) is 7.96. The molecule has 0 radical (unpaired) electrons. The van der Waals surface area contributed by atoms with Crippen LogP contribution in [0, 0.1) is 0 Å². The molecule has 2 heterocycles. The van der Waals surface area contributed by atoms with Crippen molar-refractivity contribution < 1.29 is 4.52 Å². The van der Waals surface area contributed by atoms with Gasteiger partial charge < -0.3 is 15.2 Å². The number of rotatable bonds is 2. The van der Waals surface area contributed by atoms with Crippen LogP contribution in [0.4, 0.5) is 0 Å². The SMILES string of the molecule is CN1CCc2noc(CCN)c2CC1. The summed E-state index contributed by atoms with van der Waals surface area (Å²) in [5.74, 6) is 0.998. The van der Waals surface area contributed by atoms with Crippen molar-refractivity contribution in [2.75, 3.05) is 26.7 Å². The molecule has 2 rings (SSSR count). The standard InChI is InChI=1S/C10H17N3O/c1-13-6-3-8-9(4-7-13)12-14-10(8)2-5-11/h2-7,11H2,1H3. The molecule has 0 spiro atoms. The van der Waals surface area contributed by atoms with Gasteiger partial charge in [0.1, 0.15) is 5.76 Å². The van der Waals surface area contributed by atoms with Crippen molar-refractivity contribution in [3.8, 4) is 0 Å². The number of fused-ring (bicyclic) bond motifs is 1. The highest BCUT2D eigenvalue weighted by molar-refractivity contribution is 5.25. The molecule has 1 aliphatic heterocycles. The molecule has 0 saturated heterocycles. The molecule has 2 N–H and O–H groups in total. The van der Waals surface area contributed by atoms with Crippen LogP contribution >= 0.6 is 0 Å². The molecule has 4 heteroatoms. The molecular weight excluding hydrogens is 178 g/mol. The zero-order valence-electron chi connectivity index (χ0n) is 8.62. The molecule has 0 fully saturated rings. The van der Waals surface area contributed by atoms with Crippen molar-refractivity contribution in [2.45, 2.75) is 19.3 Å². The van der Waals surface area contributed by atoms with Crippen molar-refractivity contribution in [3.05, 3.63) is 17.0 Å². The lowest BCUT2D eigenvalue weighted by atomic mass is 10.1. The summed E-state index contributed by atoms with van der Waals surface area (Å²) in [4.78, 5) is 2.33. The lowest BCUT2D eigenvalue weighted by molar-refractivity contribution is 0.334. The Morgan fingerprint density at radius 2 is 2.21 bits per heavy atom. The van der Waals surface area contributed by atoms with Gasteiger partial charge >= 0.3 is 0 Å². The van der Waals surface area contributed by atoms with E-state index in [-0.39, 0.29) is 0 Å². The van der Waals surface area contributed by atoms with E-state index in [2.05, 4.69) is 17.1 Å². The molecule has 1 aliphatic rings. The van der Waals surface area contributed by atoms with Crippen LogP contribution in [0.3, 0.4) is 0 Å². The van der Waals surface area contributed by atoms with Gasteiger partial charge in [0.25, 0.3) is 0 Å². The molecule has 0 saturated carbocycles. The fourth-order valence-corrected chi connectivity index (χ4v) is 1.90. The summed E-state index contributed by atoms with van der Waals surface area (Å²) in [6, 6.07) is 0. The van der Waals surface area contributed by atoms with Crippen LogP contribution in [0.1, 0.15) is 17.0 Å². The van der Waals surface area contributed by atoms with Gasteiger partial charge in [-0.15, -0.1) is 0 Å². The van der Waals surface area contributed by atoms with E-state index in [0.717, 1.165) is 43.8 Å². The van der Waals surface area contributed by atoms with Crippen LogP contribution in [0.2, 0.25) is 0 Å². The molecule has 0 aromatic carbocycles. The average Bonchev–Trinajstić information content (AvgIpc) is 2.45. The van der Waals surface area contributed by atoms with Gasteiger partial charge in [-0.2, -0.15) is 0 Å². The topological polar surface area (TPSA) is 55.3 Å². The van der Waals surface area contributed by atoms with Gasteiger partial charge in [0.15, 0.2) is 0 Å². The summed E-state index contributed by atoms with van der Waals surface area (Å²) >= 11 is 0. The lowest BCUT2D eigenvalue weighted by Gasteiger charge is -2.11. The Kier molecular flexibility index (Phi) is 2.84. The minimum absolute atomic E-state index is 0.636. The highest BCUT2D eigenvalue weighted by Crippen LogP contribution is 2.19. The quantitative estimate of drug-likeness (QED) is 0.732. The summed E-state index contributed by atoms with van der Waals surface area (Å²) < 4.78 is 5.30. The maximum Gasteiger partial charge on any atom is 0.141 e. The van der Waals surface area contributed by atoms with Crippen molar-refractivity contribution in [1.29, 1.82) is 0 Å². The second kappa shape index (κ2) is 4.11. The van der Waals surface area contributed by atoms with Crippen molar-refractivity contribution in [3.63, 3.8) is 0 Å². The molecule has 0 unspecified atom stereocenters. The summed E-state index contributed by atoms with van der Waals surface area (Å²) in [7, 11) is 2.14. The summed E-state index contributed by atoms with van der Waals surface area (Å²) in [6.07, 6.45) is 2.86. The molecule has 78 valence electrons. The lowest BCUT2D eigenvalue weighted by Crippen LogP contribution is -2.21. The Hall–Kier alpha value is -0.870. The fraction of sp³-hybridized carbons (Fsp3) is 0.700. The van der Waals surface area contributed by atoms with E-state index in [0.29, 0.717) is 6.54 Å². The molecule has 1 aromatic rings. The Bertz CT molecular complexity index is 308. The average molecular weight is 195 g/mol. The molecule has 0 atom stereocenters. The highest BCUT2D eigenvalue weighted by Gasteiger charge is 2.18. The van der Waals surface area contributed by atoms with E-state index >= 15 is 0 Å². The van der Waals surface area contributed by atoms with E-state index in [4.69, 9.17) is 10.3 Å². The van der Waals surface area contributed by atoms with Gasteiger partial charge in [-0.05, 0) is 20.0 Å². The first-order chi connectivity index (χ1) is 6.81. The molecule has 0 bridgehead atoms. The minimum Gasteiger partial charge on any atom is -0.361 e. The summed E-state index contributed by atoms with van der Waals surface area (Å²) in [6.45, 7) is 2.80. The molecule has 0 aliphatic carbocycles. The third kappa shape index (κ3) is 1.81. The number of aromatic nitrogens is 1. The van der Waals surface area contributed by atoms with Gasteiger partial charge in [0.05, 0.1) is 5.69 Å². The minimum atomic E-state index is 0.636. The predicted octanol–water partition coefficient (Wildman–Crippen LogP) is 0.206. The predicted molar refractivity (Wildman–Crippen MR) is 54.2 cm³/mol. The van der Waals surface area contributed by atoms with Gasteiger partial charge in [0.2, 0.25) is 0 Å². The first kappa shape index (κ1) is 9.68. The Labute approximate surface area is 84.0 Å². The van der Waals surface area contributed by atoms with E-state index < -0.39 is 0 Å². The third-order valence-corrected chi connectivity index (χ3v) is 2.80. The zero-order valence-corrected chi connectivity index (χ0v) is 8.62. The van der Waals surface area contributed by atoms with Crippen molar-refractivity contribution >= 4 is 0 Å². The maximum atomic E-state index is 5.52. The molecular formula is C10H17N3O. The van der Waals surface area contributed by atoms with Gasteiger partial charge in [-0.3, -0.25) is 0 Å². The number of hydrogen-bond acceptors (Lipinski definition) is 4. The zero-order chi connectivity index (χ0) is 9.97. The Balaban J connectivity index is 2.20. The van der Waals surface area contributed by atoms with E-state index in [1.54, 1.807) is 0 Å². The van der Waals surface area contributed by atoms with Gasteiger partial charge in [-0.1, -0.05) is 5.16 Å². The van der Waals surface area contributed by atoms with Gasteiger partial charge in [-0.25, -0.2) is 0 Å². The van der Waals surface area contributed by atoms with Crippen LogP contribution in [0.15, 0.2) is 4.52 Å². The normalized spacial score (nSPS) is 17.9. The number of likely N-dealkylation sites (N-methyl/N-ethyl adjacent to an activating group) is 1. The van der Waals surface area contributed by atoms with Crippen LogP contribution in [0.5, 0.6) is 0 Å².